The molecule has 50 heavy (non-hydrogen) atoms. The largest absolute Gasteiger partial charge is 0.491 e. The van der Waals surface area contributed by atoms with Crippen molar-refractivity contribution in [3.05, 3.63) is 98.8 Å². The number of thiazole rings is 2. The lowest BCUT2D eigenvalue weighted by Gasteiger charge is -2.30. The maximum Gasteiger partial charge on any atom is 0.355 e. The molecule has 0 saturated carbocycles. The van der Waals surface area contributed by atoms with Gasteiger partial charge in [0.15, 0.2) is 27.5 Å². The van der Waals surface area contributed by atoms with Crippen LogP contribution in [0.1, 0.15) is 74.2 Å². The number of benzene rings is 3. The number of carbonyl (C=O) groups excluding carboxylic acids is 1. The van der Waals surface area contributed by atoms with Crippen molar-refractivity contribution in [3.8, 4) is 17.6 Å². The second kappa shape index (κ2) is 15.4. The molecule has 3 aromatic carbocycles. The van der Waals surface area contributed by atoms with Crippen LogP contribution in [0.25, 0.3) is 10.2 Å². The number of carbonyl (C=O) groups is 2. The topological polar surface area (TPSA) is 108 Å². The molecule has 0 spiro atoms. The number of nitrogens with zero attached hydrogens (tertiary/aromatic N) is 4. The van der Waals surface area contributed by atoms with Gasteiger partial charge in [-0.3, -0.25) is 15.0 Å². The molecule has 9 nitrogen and oxygen atoms in total. The van der Waals surface area contributed by atoms with Gasteiger partial charge in [-0.25, -0.2) is 19.2 Å². The van der Waals surface area contributed by atoms with E-state index in [1.54, 1.807) is 12.1 Å². The molecule has 2 aromatic heterocycles. The molecule has 0 radical (unpaired) electrons. The maximum atomic E-state index is 14.6. The average Bonchev–Trinajstić information content (AvgIpc) is 3.70. The predicted octanol–water partition coefficient (Wildman–Crippen LogP) is 7.45. The SMILES string of the molecule is CC(C)c1cc2c(c(C(=O)Nc3nc4ccccc4s3)c1)CN(c1nc(C(=O)O)c(CCCOc3ccc(C#CCN(C)C)cc3F)s1)CC2. The summed E-state index contributed by atoms with van der Waals surface area (Å²) in [5, 5.41) is 14.1. The van der Waals surface area contributed by atoms with Crippen LogP contribution >= 0.6 is 22.7 Å². The number of aryl methyl sites for hydroxylation is 1. The lowest BCUT2D eigenvalue weighted by Crippen LogP contribution is -2.32. The van der Waals surface area contributed by atoms with Crippen LogP contribution in [-0.4, -0.2) is 65.6 Å². The first-order valence-corrected chi connectivity index (χ1v) is 18.1. The van der Waals surface area contributed by atoms with E-state index in [0.29, 0.717) is 65.2 Å². The Morgan fingerprint density at radius 3 is 2.68 bits per heavy atom. The van der Waals surface area contributed by atoms with Gasteiger partial charge in [0.25, 0.3) is 5.91 Å². The number of carboxylic acid groups (broad SMARTS) is 1. The molecule has 0 aliphatic carbocycles. The van der Waals surface area contributed by atoms with E-state index in [1.807, 2.05) is 54.2 Å². The fourth-order valence-electron chi connectivity index (χ4n) is 5.70. The number of fused-ring (bicyclic) bond motifs is 2. The Labute approximate surface area is 298 Å². The van der Waals surface area contributed by atoms with E-state index in [-0.39, 0.29) is 29.9 Å². The monoisotopic (exact) mass is 711 g/mol. The average molecular weight is 712 g/mol. The number of carboxylic acids is 1. The molecule has 0 atom stereocenters. The smallest absolute Gasteiger partial charge is 0.355 e. The van der Waals surface area contributed by atoms with Gasteiger partial charge in [-0.2, -0.15) is 0 Å². The zero-order valence-electron chi connectivity index (χ0n) is 28.4. The maximum absolute atomic E-state index is 14.6. The summed E-state index contributed by atoms with van der Waals surface area (Å²) in [6.45, 7) is 6.05. The molecule has 12 heteroatoms. The number of anilines is 2. The molecule has 3 heterocycles. The number of ether oxygens (including phenoxy) is 1. The summed E-state index contributed by atoms with van der Waals surface area (Å²) < 4.78 is 21.3. The van der Waals surface area contributed by atoms with Crippen LogP contribution in [0.4, 0.5) is 14.7 Å². The van der Waals surface area contributed by atoms with Crippen LogP contribution in [0.15, 0.2) is 54.6 Å². The van der Waals surface area contributed by atoms with Crippen molar-refractivity contribution >= 4 is 55.0 Å². The fourth-order valence-corrected chi connectivity index (χ4v) is 7.68. The third-order valence-electron chi connectivity index (χ3n) is 8.32. The number of hydrogen-bond donors (Lipinski definition) is 2. The van der Waals surface area contributed by atoms with Gasteiger partial charge in [0.1, 0.15) is 0 Å². The Kier molecular flexibility index (Phi) is 10.8. The zero-order valence-corrected chi connectivity index (χ0v) is 30.0. The minimum absolute atomic E-state index is 0.00610. The molecule has 2 N–H and O–H groups in total. The van der Waals surface area contributed by atoms with Crippen molar-refractivity contribution in [1.82, 2.24) is 14.9 Å². The summed E-state index contributed by atoms with van der Waals surface area (Å²) in [6, 6.07) is 16.5. The molecule has 1 amide bonds. The molecular weight excluding hydrogens is 674 g/mol. The second-order valence-corrected chi connectivity index (χ2v) is 14.8. The van der Waals surface area contributed by atoms with Gasteiger partial charge in [-0.05, 0) is 92.4 Å². The Morgan fingerprint density at radius 1 is 1.12 bits per heavy atom. The van der Waals surface area contributed by atoms with Gasteiger partial charge in [-0.15, -0.1) is 11.3 Å². The zero-order chi connectivity index (χ0) is 35.4. The lowest BCUT2D eigenvalue weighted by atomic mass is 9.89. The number of hydrogen-bond acceptors (Lipinski definition) is 9. The number of nitrogens with one attached hydrogen (secondary N) is 1. The minimum atomic E-state index is -1.10. The summed E-state index contributed by atoms with van der Waals surface area (Å²) >= 11 is 2.77. The van der Waals surface area contributed by atoms with Gasteiger partial charge in [0, 0.05) is 29.1 Å². The van der Waals surface area contributed by atoms with E-state index in [4.69, 9.17) is 4.74 Å². The Morgan fingerprint density at radius 2 is 1.94 bits per heavy atom. The van der Waals surface area contributed by atoms with Crippen LogP contribution in [0, 0.1) is 17.7 Å². The quantitative estimate of drug-likeness (QED) is 0.108. The number of para-hydroxylation sites is 1. The molecule has 1 aliphatic rings. The molecule has 1 aliphatic heterocycles. The molecule has 0 saturated heterocycles. The molecule has 0 fully saturated rings. The number of rotatable bonds is 11. The minimum Gasteiger partial charge on any atom is -0.491 e. The van der Waals surface area contributed by atoms with E-state index >= 15 is 0 Å². The van der Waals surface area contributed by atoms with Gasteiger partial charge < -0.3 is 14.7 Å². The van der Waals surface area contributed by atoms with Gasteiger partial charge in [-0.1, -0.05) is 55.2 Å². The Bertz CT molecular complexity index is 2080. The van der Waals surface area contributed by atoms with Crippen LogP contribution in [0.3, 0.4) is 0 Å². The van der Waals surface area contributed by atoms with Gasteiger partial charge >= 0.3 is 5.97 Å². The molecule has 6 rings (SSSR count). The predicted molar refractivity (Wildman–Crippen MR) is 198 cm³/mol. The number of aromatic carboxylic acids is 1. The third-order valence-corrected chi connectivity index (χ3v) is 10.4. The van der Waals surface area contributed by atoms with Crippen molar-refractivity contribution in [2.75, 3.05) is 44.0 Å². The molecule has 0 unspecified atom stereocenters. The molecular formula is C38H38FN5O4S2. The van der Waals surface area contributed by atoms with E-state index in [9.17, 15) is 19.1 Å². The third kappa shape index (κ3) is 8.13. The van der Waals surface area contributed by atoms with Crippen molar-refractivity contribution < 1.29 is 23.8 Å². The first-order chi connectivity index (χ1) is 24.0. The molecule has 5 aromatic rings. The summed E-state index contributed by atoms with van der Waals surface area (Å²) in [7, 11) is 3.83. The van der Waals surface area contributed by atoms with Crippen molar-refractivity contribution in [3.63, 3.8) is 0 Å². The first kappa shape index (κ1) is 35.0. The van der Waals surface area contributed by atoms with E-state index in [0.717, 1.165) is 26.9 Å². The summed E-state index contributed by atoms with van der Waals surface area (Å²) in [5.74, 6) is 4.47. The van der Waals surface area contributed by atoms with Crippen LogP contribution in [0.2, 0.25) is 0 Å². The molecule has 258 valence electrons. The second-order valence-electron chi connectivity index (χ2n) is 12.7. The van der Waals surface area contributed by atoms with Crippen LogP contribution in [0.5, 0.6) is 5.75 Å². The summed E-state index contributed by atoms with van der Waals surface area (Å²) in [5.41, 5.74) is 5.09. The standard InChI is InChI=1S/C38H38FN5O4S2/c1-23(2)26-20-25-15-17-44(22-28(25)27(21-26)35(45)42-37-40-30-10-5-6-11-32(30)49-37)38-41-34(36(46)47)33(50-38)12-8-18-48-31-14-13-24(19-29(31)39)9-7-16-43(3)4/h5-6,10-11,13-14,19-21,23H,8,12,15-18,22H2,1-4H3,(H,46,47)(H,40,42,45). The highest BCUT2D eigenvalue weighted by molar-refractivity contribution is 7.22. The highest BCUT2D eigenvalue weighted by Crippen LogP contribution is 2.35. The van der Waals surface area contributed by atoms with E-state index < -0.39 is 11.8 Å². The first-order valence-electron chi connectivity index (χ1n) is 16.4. The van der Waals surface area contributed by atoms with Crippen LogP contribution < -0.4 is 15.0 Å². The van der Waals surface area contributed by atoms with Crippen molar-refractivity contribution in [2.45, 2.75) is 45.6 Å². The highest BCUT2D eigenvalue weighted by Gasteiger charge is 2.28. The number of aromatic nitrogens is 2. The normalized spacial score (nSPS) is 12.6. The van der Waals surface area contributed by atoms with Crippen molar-refractivity contribution in [1.29, 1.82) is 0 Å². The summed E-state index contributed by atoms with van der Waals surface area (Å²) in [4.78, 5) is 39.7. The van der Waals surface area contributed by atoms with Gasteiger partial charge in [0.05, 0.1) is 23.4 Å². The van der Waals surface area contributed by atoms with Gasteiger partial charge in [0.2, 0.25) is 0 Å². The Hall–Kier alpha value is -4.83. The summed E-state index contributed by atoms with van der Waals surface area (Å²) in [6.07, 6.45) is 1.57. The number of halogens is 1. The molecule has 0 bridgehead atoms. The highest BCUT2D eigenvalue weighted by atomic mass is 32.1. The van der Waals surface area contributed by atoms with Crippen molar-refractivity contribution in [2.24, 2.45) is 0 Å². The van der Waals surface area contributed by atoms with E-state index in [1.165, 1.54) is 28.7 Å². The fraction of sp³-hybridized carbons (Fsp3) is 0.316. The lowest BCUT2D eigenvalue weighted by molar-refractivity contribution is 0.0690. The van der Waals surface area contributed by atoms with Crippen LogP contribution in [-0.2, 0) is 19.4 Å². The Balaban J connectivity index is 1.15. The van der Waals surface area contributed by atoms with E-state index in [2.05, 4.69) is 47.0 Å². The number of amides is 1.